The number of hydrogen-bond donors (Lipinski definition) is 0. The molecule has 1 aromatic carbocycles. The number of thioether (sulfide) groups is 1. The van der Waals surface area contributed by atoms with E-state index in [1.54, 1.807) is 10.7 Å². The summed E-state index contributed by atoms with van der Waals surface area (Å²) in [6.45, 7) is 11.9. The van der Waals surface area contributed by atoms with Crippen LogP contribution >= 0.6 is 11.8 Å². The monoisotopic (exact) mass is 460 g/mol. The van der Waals surface area contributed by atoms with Crippen molar-refractivity contribution in [2.24, 2.45) is 0 Å². The van der Waals surface area contributed by atoms with Crippen molar-refractivity contribution in [3.05, 3.63) is 47.3 Å². The molecule has 0 aliphatic carbocycles. The van der Waals surface area contributed by atoms with Gasteiger partial charge in [-0.1, -0.05) is 12.1 Å². The molecule has 0 radical (unpaired) electrons. The first-order valence-corrected chi connectivity index (χ1v) is 11.8. The Morgan fingerprint density at radius 2 is 1.91 bits per heavy atom. The SMILES string of the molecule is Cc1cc(/C(F)=C/c2ccc(SC(C)(C)C(=O)OC(C)(C)C)cc2)nn1C1CCCCO1. The van der Waals surface area contributed by atoms with E-state index in [9.17, 15) is 9.18 Å². The molecule has 1 unspecified atom stereocenters. The standard InChI is InChI=1S/C25H33FN2O3S/c1-17-15-21(27-28(17)22-9-7-8-14-30-22)20(26)16-18-10-12-19(13-11-18)32-25(5,6)23(29)31-24(2,3)4/h10-13,15-16,22H,7-9,14H2,1-6H3/b20-16-. The lowest BCUT2D eigenvalue weighted by atomic mass is 10.1. The first-order valence-electron chi connectivity index (χ1n) is 11.0. The van der Waals surface area contributed by atoms with Gasteiger partial charge in [0.1, 0.15) is 22.3 Å². The molecule has 2 heterocycles. The highest BCUT2D eigenvalue weighted by Gasteiger charge is 2.33. The number of aromatic nitrogens is 2. The predicted molar refractivity (Wildman–Crippen MR) is 127 cm³/mol. The summed E-state index contributed by atoms with van der Waals surface area (Å²) >= 11 is 1.42. The quantitative estimate of drug-likeness (QED) is 0.360. The fraction of sp³-hybridized carbons (Fsp3) is 0.520. The number of carbonyl (C=O) groups excluding carboxylic acids is 1. The van der Waals surface area contributed by atoms with E-state index >= 15 is 0 Å². The second-order valence-corrected chi connectivity index (χ2v) is 11.3. The van der Waals surface area contributed by atoms with Crippen molar-refractivity contribution < 1.29 is 18.7 Å². The largest absolute Gasteiger partial charge is 0.459 e. The molecule has 1 atom stereocenters. The Labute approximate surface area is 194 Å². The Balaban J connectivity index is 1.69. The molecule has 0 saturated carbocycles. The molecule has 7 heteroatoms. The number of ether oxygens (including phenoxy) is 2. The number of halogens is 1. The molecule has 1 aliphatic rings. The number of rotatable bonds is 6. The van der Waals surface area contributed by atoms with Crippen LogP contribution < -0.4 is 0 Å². The topological polar surface area (TPSA) is 53.3 Å². The van der Waals surface area contributed by atoms with Gasteiger partial charge in [-0.15, -0.1) is 11.8 Å². The van der Waals surface area contributed by atoms with Crippen LogP contribution in [0.2, 0.25) is 0 Å². The summed E-state index contributed by atoms with van der Waals surface area (Å²) in [5, 5.41) is 4.44. The highest BCUT2D eigenvalue weighted by atomic mass is 32.2. The maximum atomic E-state index is 14.9. The molecule has 1 fully saturated rings. The van der Waals surface area contributed by atoms with Gasteiger partial charge in [-0.05, 0) is 90.6 Å². The normalized spacial score (nSPS) is 18.0. The highest BCUT2D eigenvalue weighted by molar-refractivity contribution is 8.01. The van der Waals surface area contributed by atoms with Crippen LogP contribution in [0.15, 0.2) is 35.2 Å². The van der Waals surface area contributed by atoms with Gasteiger partial charge in [0.15, 0.2) is 5.83 Å². The van der Waals surface area contributed by atoms with Crippen LogP contribution in [0.1, 0.15) is 77.1 Å². The summed E-state index contributed by atoms with van der Waals surface area (Å²) in [7, 11) is 0. The van der Waals surface area contributed by atoms with Crippen LogP contribution in [-0.4, -0.2) is 32.7 Å². The van der Waals surface area contributed by atoms with E-state index in [0.29, 0.717) is 12.3 Å². The average molecular weight is 461 g/mol. The van der Waals surface area contributed by atoms with Crippen molar-refractivity contribution in [1.29, 1.82) is 0 Å². The zero-order valence-electron chi connectivity index (χ0n) is 19.8. The summed E-state index contributed by atoms with van der Waals surface area (Å²) in [5.41, 5.74) is 1.38. The molecule has 174 valence electrons. The number of hydrogen-bond acceptors (Lipinski definition) is 5. The maximum absolute atomic E-state index is 14.9. The Kier molecular flexibility index (Phi) is 7.50. The van der Waals surface area contributed by atoms with E-state index in [0.717, 1.165) is 35.4 Å². The number of carbonyl (C=O) groups is 1. The molecule has 3 rings (SSSR count). The molecule has 0 bridgehead atoms. The minimum absolute atomic E-state index is 0.116. The van der Waals surface area contributed by atoms with E-state index in [1.807, 2.05) is 65.8 Å². The lowest BCUT2D eigenvalue weighted by Crippen LogP contribution is -2.36. The molecule has 1 saturated heterocycles. The van der Waals surface area contributed by atoms with Gasteiger partial charge in [0.2, 0.25) is 0 Å². The van der Waals surface area contributed by atoms with Crippen LogP contribution in [0.4, 0.5) is 4.39 Å². The van der Waals surface area contributed by atoms with Crippen LogP contribution in [0.5, 0.6) is 0 Å². The zero-order valence-corrected chi connectivity index (χ0v) is 20.6. The number of nitrogens with zero attached hydrogens (tertiary/aromatic N) is 2. The van der Waals surface area contributed by atoms with E-state index < -0.39 is 16.2 Å². The van der Waals surface area contributed by atoms with Gasteiger partial charge in [0.25, 0.3) is 0 Å². The Hall–Kier alpha value is -2.12. The summed E-state index contributed by atoms with van der Waals surface area (Å²) in [6, 6.07) is 9.19. The molecule has 5 nitrogen and oxygen atoms in total. The molecule has 1 aromatic heterocycles. The van der Waals surface area contributed by atoms with Crippen molar-refractivity contribution >= 4 is 29.6 Å². The lowest BCUT2D eigenvalue weighted by molar-refractivity contribution is -0.156. The van der Waals surface area contributed by atoms with Crippen LogP contribution in [0.3, 0.4) is 0 Å². The molecule has 0 N–H and O–H groups in total. The Morgan fingerprint density at radius 1 is 1.22 bits per heavy atom. The van der Waals surface area contributed by atoms with E-state index in [4.69, 9.17) is 9.47 Å². The van der Waals surface area contributed by atoms with E-state index in [1.165, 1.54) is 17.8 Å². The third kappa shape index (κ3) is 6.45. The minimum Gasteiger partial charge on any atom is -0.459 e. The van der Waals surface area contributed by atoms with Crippen LogP contribution in [0, 0.1) is 6.92 Å². The minimum atomic E-state index is -0.735. The molecular weight excluding hydrogens is 427 g/mol. The first kappa shape index (κ1) is 24.5. The number of aryl methyl sites for hydroxylation is 1. The predicted octanol–water partition coefficient (Wildman–Crippen LogP) is 6.57. The van der Waals surface area contributed by atoms with Gasteiger partial charge >= 0.3 is 5.97 Å². The van der Waals surface area contributed by atoms with Gasteiger partial charge < -0.3 is 9.47 Å². The number of benzene rings is 1. The smallest absolute Gasteiger partial charge is 0.322 e. The van der Waals surface area contributed by atoms with Crippen molar-refractivity contribution in [1.82, 2.24) is 9.78 Å². The first-order chi connectivity index (χ1) is 14.9. The van der Waals surface area contributed by atoms with Crippen LogP contribution in [0.25, 0.3) is 11.9 Å². The van der Waals surface area contributed by atoms with Crippen molar-refractivity contribution in [3.63, 3.8) is 0 Å². The van der Waals surface area contributed by atoms with Gasteiger partial charge in [-0.2, -0.15) is 5.10 Å². The second kappa shape index (κ2) is 9.79. The average Bonchev–Trinajstić information content (AvgIpc) is 3.10. The summed E-state index contributed by atoms with van der Waals surface area (Å²) < 4.78 is 27.2. The van der Waals surface area contributed by atoms with Gasteiger partial charge in [0.05, 0.1) is 0 Å². The second-order valence-electron chi connectivity index (χ2n) is 9.61. The van der Waals surface area contributed by atoms with Crippen molar-refractivity contribution in [2.45, 2.75) is 82.3 Å². The van der Waals surface area contributed by atoms with Gasteiger partial charge in [-0.25, -0.2) is 9.07 Å². The Bertz CT molecular complexity index is 968. The third-order valence-corrected chi connectivity index (χ3v) is 6.22. The molecule has 0 amide bonds. The molecule has 1 aliphatic heterocycles. The fourth-order valence-electron chi connectivity index (χ4n) is 3.40. The van der Waals surface area contributed by atoms with E-state index in [-0.39, 0.29) is 12.2 Å². The van der Waals surface area contributed by atoms with Gasteiger partial charge in [-0.3, -0.25) is 4.79 Å². The molecule has 0 spiro atoms. The van der Waals surface area contributed by atoms with E-state index in [2.05, 4.69) is 5.10 Å². The summed E-state index contributed by atoms with van der Waals surface area (Å²) in [6.07, 6.45) is 4.40. The Morgan fingerprint density at radius 3 is 2.50 bits per heavy atom. The molecule has 2 aromatic rings. The highest BCUT2D eigenvalue weighted by Crippen LogP contribution is 2.35. The van der Waals surface area contributed by atoms with Crippen LogP contribution in [-0.2, 0) is 14.3 Å². The fourth-order valence-corrected chi connectivity index (χ4v) is 4.39. The molecular formula is C25H33FN2O3S. The number of esters is 1. The third-order valence-electron chi connectivity index (χ3n) is 5.03. The molecule has 32 heavy (non-hydrogen) atoms. The summed E-state index contributed by atoms with van der Waals surface area (Å²) in [5.74, 6) is -0.657. The zero-order chi connectivity index (χ0) is 23.5. The van der Waals surface area contributed by atoms with Crippen molar-refractivity contribution in [2.75, 3.05) is 6.61 Å². The van der Waals surface area contributed by atoms with Crippen molar-refractivity contribution in [3.8, 4) is 0 Å². The maximum Gasteiger partial charge on any atom is 0.322 e. The lowest BCUT2D eigenvalue weighted by Gasteiger charge is -2.28. The van der Waals surface area contributed by atoms with Gasteiger partial charge in [0, 0.05) is 17.2 Å². The summed E-state index contributed by atoms with van der Waals surface area (Å²) in [4.78, 5) is 13.4.